The minimum atomic E-state index is -0.409. The summed E-state index contributed by atoms with van der Waals surface area (Å²) in [6.07, 6.45) is 4.31. The van der Waals surface area contributed by atoms with Crippen LogP contribution in [0.1, 0.15) is 39.5 Å². The highest BCUT2D eigenvalue weighted by Gasteiger charge is 2.25. The highest BCUT2D eigenvalue weighted by molar-refractivity contribution is 8.03. The van der Waals surface area contributed by atoms with Gasteiger partial charge in [-0.2, -0.15) is 0 Å². The zero-order valence-electron chi connectivity index (χ0n) is 12.6. The Morgan fingerprint density at radius 3 is 2.77 bits per heavy atom. The Morgan fingerprint density at radius 2 is 2.09 bits per heavy atom. The van der Waals surface area contributed by atoms with E-state index >= 15 is 0 Å². The van der Waals surface area contributed by atoms with Gasteiger partial charge in [-0.15, -0.1) is 10.2 Å². The number of nitrogens with zero attached hydrogens (tertiary/aromatic N) is 2. The van der Waals surface area contributed by atoms with Crippen LogP contribution in [0.4, 0.5) is 4.79 Å². The number of nitrogens with one attached hydrogen (secondary N) is 2. The van der Waals surface area contributed by atoms with Gasteiger partial charge < -0.3 is 5.32 Å². The predicted molar refractivity (Wildman–Crippen MR) is 90.6 cm³/mol. The number of carbonyl (C=O) groups excluding carboxylic acids is 2. The number of imide groups is 1. The van der Waals surface area contributed by atoms with Gasteiger partial charge >= 0.3 is 6.03 Å². The van der Waals surface area contributed by atoms with Crippen molar-refractivity contribution in [3.63, 3.8) is 0 Å². The molecule has 9 heteroatoms. The van der Waals surface area contributed by atoms with Crippen molar-refractivity contribution in [1.82, 2.24) is 20.8 Å². The van der Waals surface area contributed by atoms with E-state index in [9.17, 15) is 9.59 Å². The number of unbranched alkanes of at least 4 members (excludes halogenated alkanes) is 1. The maximum Gasteiger partial charge on any atom is 0.321 e. The minimum absolute atomic E-state index is 0.238. The van der Waals surface area contributed by atoms with Crippen LogP contribution in [-0.4, -0.2) is 39.2 Å². The quantitative estimate of drug-likeness (QED) is 0.548. The number of aromatic nitrogens is 2. The molecule has 2 rings (SSSR count). The van der Waals surface area contributed by atoms with Crippen LogP contribution < -0.4 is 10.6 Å². The fourth-order valence-corrected chi connectivity index (χ4v) is 4.79. The molecule has 0 aromatic carbocycles. The molecular weight excluding hydrogens is 340 g/mol. The van der Waals surface area contributed by atoms with Crippen molar-refractivity contribution >= 4 is 46.8 Å². The molecule has 3 amide bonds. The van der Waals surface area contributed by atoms with Crippen LogP contribution >= 0.6 is 34.9 Å². The molecule has 0 saturated heterocycles. The lowest BCUT2D eigenvalue weighted by molar-refractivity contribution is -0.119. The largest absolute Gasteiger partial charge is 0.335 e. The fraction of sp³-hybridized carbons (Fsp3) is 0.692. The molecule has 1 unspecified atom stereocenters. The van der Waals surface area contributed by atoms with Crippen LogP contribution in [0.3, 0.4) is 0 Å². The average Bonchev–Trinajstić information content (AvgIpc) is 3.17. The molecule has 0 radical (unpaired) electrons. The molecule has 0 aliphatic heterocycles. The second kappa shape index (κ2) is 8.73. The van der Waals surface area contributed by atoms with Crippen LogP contribution in [-0.2, 0) is 4.79 Å². The molecule has 1 fully saturated rings. The number of hydrogen-bond acceptors (Lipinski definition) is 7. The Bertz CT molecular complexity index is 519. The molecule has 0 bridgehead atoms. The Balaban J connectivity index is 1.74. The molecule has 1 aromatic heterocycles. The highest BCUT2D eigenvalue weighted by Crippen LogP contribution is 2.31. The number of rotatable bonds is 8. The first kappa shape index (κ1) is 17.6. The van der Waals surface area contributed by atoms with E-state index in [1.807, 2.05) is 0 Å². The molecule has 1 aromatic rings. The molecule has 1 heterocycles. The summed E-state index contributed by atoms with van der Waals surface area (Å²) in [6.45, 7) is 3.91. The number of hydrogen-bond donors (Lipinski definition) is 2. The second-order valence-electron chi connectivity index (χ2n) is 5.03. The van der Waals surface area contributed by atoms with Gasteiger partial charge in [0.1, 0.15) is 0 Å². The number of carbonyl (C=O) groups is 2. The van der Waals surface area contributed by atoms with Gasteiger partial charge in [0, 0.05) is 11.8 Å². The van der Waals surface area contributed by atoms with Crippen molar-refractivity contribution < 1.29 is 9.59 Å². The maximum absolute atomic E-state index is 11.9. The van der Waals surface area contributed by atoms with E-state index in [0.29, 0.717) is 0 Å². The highest BCUT2D eigenvalue weighted by atomic mass is 32.2. The Kier molecular flexibility index (Phi) is 6.97. The molecule has 2 N–H and O–H groups in total. The average molecular weight is 361 g/mol. The van der Waals surface area contributed by atoms with E-state index in [-0.39, 0.29) is 17.2 Å². The molecule has 1 aliphatic rings. The third-order valence-corrected chi connectivity index (χ3v) is 6.23. The minimum Gasteiger partial charge on any atom is -0.335 e. The molecule has 1 saturated carbocycles. The van der Waals surface area contributed by atoms with Gasteiger partial charge in [-0.25, -0.2) is 4.79 Å². The molecule has 122 valence electrons. The molecular formula is C13H20N4O2S3. The molecule has 1 aliphatic carbocycles. The van der Waals surface area contributed by atoms with Gasteiger partial charge in [0.05, 0.1) is 5.25 Å². The summed E-state index contributed by atoms with van der Waals surface area (Å²) in [4.78, 5) is 23.5. The molecule has 0 spiro atoms. The summed E-state index contributed by atoms with van der Waals surface area (Å²) >= 11 is 4.51. The maximum atomic E-state index is 11.9. The normalized spacial score (nSPS) is 15.4. The number of amides is 3. The van der Waals surface area contributed by atoms with Crippen LogP contribution in [0.15, 0.2) is 8.68 Å². The number of urea groups is 1. The standard InChI is InChI=1S/C13H20N4O2S3/c1-3-4-7-20-12-16-17-13(22-12)21-8(2)10(18)15-11(19)14-9-5-6-9/h8-9H,3-7H2,1-2H3,(H2,14,15,18,19). The Hall–Kier alpha value is -0.800. The van der Waals surface area contributed by atoms with Gasteiger partial charge in [-0.1, -0.05) is 48.2 Å². The topological polar surface area (TPSA) is 84.0 Å². The van der Waals surface area contributed by atoms with E-state index in [0.717, 1.165) is 40.1 Å². The third kappa shape index (κ3) is 6.13. The lowest BCUT2D eigenvalue weighted by Crippen LogP contribution is -2.43. The van der Waals surface area contributed by atoms with Crippen LogP contribution in [0.25, 0.3) is 0 Å². The van der Waals surface area contributed by atoms with Crippen molar-refractivity contribution in [2.24, 2.45) is 0 Å². The van der Waals surface area contributed by atoms with E-state index in [2.05, 4.69) is 27.8 Å². The molecule has 1 atom stereocenters. The molecule has 22 heavy (non-hydrogen) atoms. The van der Waals surface area contributed by atoms with Gasteiger partial charge in [-0.3, -0.25) is 10.1 Å². The van der Waals surface area contributed by atoms with Crippen molar-refractivity contribution in [3.05, 3.63) is 0 Å². The molecule has 6 nitrogen and oxygen atoms in total. The van der Waals surface area contributed by atoms with Gasteiger partial charge in [0.25, 0.3) is 0 Å². The predicted octanol–water partition coefficient (Wildman–Crippen LogP) is 2.90. The summed E-state index contributed by atoms with van der Waals surface area (Å²) in [7, 11) is 0. The fourth-order valence-electron chi connectivity index (χ4n) is 1.47. The zero-order valence-corrected chi connectivity index (χ0v) is 15.1. The lowest BCUT2D eigenvalue weighted by atomic mass is 10.4. The SMILES string of the molecule is CCCCSc1nnc(SC(C)C(=O)NC(=O)NC2CC2)s1. The van der Waals surface area contributed by atoms with Gasteiger partial charge in [0.15, 0.2) is 8.68 Å². The van der Waals surface area contributed by atoms with Crippen molar-refractivity contribution in [3.8, 4) is 0 Å². The summed E-state index contributed by atoms with van der Waals surface area (Å²) < 4.78 is 1.68. The summed E-state index contributed by atoms with van der Waals surface area (Å²) in [5, 5.41) is 12.9. The first-order chi connectivity index (χ1) is 10.6. The third-order valence-electron chi connectivity index (χ3n) is 2.91. The van der Waals surface area contributed by atoms with Crippen molar-refractivity contribution in [1.29, 1.82) is 0 Å². The zero-order chi connectivity index (χ0) is 15.9. The van der Waals surface area contributed by atoms with Crippen LogP contribution in [0, 0.1) is 0 Å². The summed E-state index contributed by atoms with van der Waals surface area (Å²) in [5.41, 5.74) is 0. The summed E-state index contributed by atoms with van der Waals surface area (Å²) in [6, 6.07) is -0.172. The van der Waals surface area contributed by atoms with Crippen molar-refractivity contribution in [2.45, 2.75) is 59.5 Å². The first-order valence-electron chi connectivity index (χ1n) is 7.32. The summed E-state index contributed by atoms with van der Waals surface area (Å²) in [5.74, 6) is 0.728. The lowest BCUT2D eigenvalue weighted by Gasteiger charge is -2.09. The first-order valence-corrected chi connectivity index (χ1v) is 10.0. The van der Waals surface area contributed by atoms with Gasteiger partial charge in [-0.05, 0) is 26.2 Å². The van der Waals surface area contributed by atoms with E-state index in [4.69, 9.17) is 0 Å². The van der Waals surface area contributed by atoms with Crippen LogP contribution in [0.2, 0.25) is 0 Å². The van der Waals surface area contributed by atoms with Gasteiger partial charge in [0.2, 0.25) is 5.91 Å². The van der Waals surface area contributed by atoms with E-state index in [1.165, 1.54) is 23.1 Å². The second-order valence-corrected chi connectivity index (χ2v) is 8.94. The van der Waals surface area contributed by atoms with E-state index < -0.39 is 6.03 Å². The van der Waals surface area contributed by atoms with Crippen LogP contribution in [0.5, 0.6) is 0 Å². The monoisotopic (exact) mass is 360 g/mol. The Morgan fingerprint density at radius 1 is 1.36 bits per heavy atom. The number of thioether (sulfide) groups is 2. The van der Waals surface area contributed by atoms with E-state index in [1.54, 1.807) is 18.7 Å². The van der Waals surface area contributed by atoms with Crippen molar-refractivity contribution in [2.75, 3.05) is 5.75 Å². The smallest absolute Gasteiger partial charge is 0.321 e. The Labute approximate surface area is 142 Å².